The smallest absolute Gasteiger partial charge is 0.274 e. The summed E-state index contributed by atoms with van der Waals surface area (Å²) in [4.78, 5) is 29.7. The number of amides is 2. The number of halogens is 2. The second-order valence-electron chi connectivity index (χ2n) is 8.01. The van der Waals surface area contributed by atoms with Gasteiger partial charge in [0.2, 0.25) is 0 Å². The number of hydrogen-bond acceptors (Lipinski definition) is 6. The summed E-state index contributed by atoms with van der Waals surface area (Å²) in [5, 5.41) is 17.3. The molecule has 0 atom stereocenters. The molecule has 0 aliphatic heterocycles. The fourth-order valence-corrected chi connectivity index (χ4v) is 3.93. The number of nitrogens with one attached hydrogen (secondary N) is 1. The first kappa shape index (κ1) is 25.9. The zero-order valence-electron chi connectivity index (χ0n) is 19.5. The quantitative estimate of drug-likeness (QED) is 0.332. The molecule has 4 rings (SSSR count). The Labute approximate surface area is 222 Å². The number of nitrogens with two attached hydrogens (primary N) is 1. The summed E-state index contributed by atoms with van der Waals surface area (Å²) in [6, 6.07) is 16.9. The molecule has 2 aromatic heterocycles. The number of nitriles is 1. The van der Waals surface area contributed by atoms with Crippen molar-refractivity contribution in [2.75, 3.05) is 5.32 Å². The topological polar surface area (TPSA) is 136 Å². The van der Waals surface area contributed by atoms with Gasteiger partial charge >= 0.3 is 0 Å². The van der Waals surface area contributed by atoms with E-state index in [1.165, 1.54) is 16.9 Å². The van der Waals surface area contributed by atoms with E-state index in [2.05, 4.69) is 15.4 Å². The highest BCUT2D eigenvalue weighted by Gasteiger charge is 2.22. The van der Waals surface area contributed by atoms with E-state index in [1.54, 1.807) is 43.3 Å². The van der Waals surface area contributed by atoms with Gasteiger partial charge in [-0.25, -0.2) is 9.67 Å². The Bertz CT molecular complexity index is 1530. The van der Waals surface area contributed by atoms with E-state index < -0.39 is 11.8 Å². The number of primary amides is 1. The first-order valence-electron chi connectivity index (χ1n) is 10.9. The summed E-state index contributed by atoms with van der Waals surface area (Å²) in [5.74, 6) is -1.13. The SMILES string of the molecule is Cc1cc(C#N)cc(C(N)=O)c1NC(=O)c1cc(COCc2ccc(Cl)cc2)nn1-c1ncccc1Cl. The molecule has 0 aliphatic rings. The molecule has 0 spiro atoms. The molecule has 0 fully saturated rings. The highest BCUT2D eigenvalue weighted by atomic mass is 35.5. The number of rotatable bonds is 8. The monoisotopic (exact) mass is 534 g/mol. The van der Waals surface area contributed by atoms with Gasteiger partial charge in [-0.3, -0.25) is 9.59 Å². The number of anilines is 1. The number of ether oxygens (including phenoxy) is 1. The van der Waals surface area contributed by atoms with E-state index in [-0.39, 0.29) is 40.0 Å². The molecule has 3 N–H and O–H groups in total. The van der Waals surface area contributed by atoms with Gasteiger partial charge in [0, 0.05) is 11.2 Å². The minimum Gasteiger partial charge on any atom is -0.370 e. The van der Waals surface area contributed by atoms with Crippen molar-refractivity contribution < 1.29 is 14.3 Å². The first-order chi connectivity index (χ1) is 17.8. The van der Waals surface area contributed by atoms with Gasteiger partial charge in [-0.15, -0.1) is 0 Å². The molecule has 0 unspecified atom stereocenters. The van der Waals surface area contributed by atoms with E-state index >= 15 is 0 Å². The van der Waals surface area contributed by atoms with Gasteiger partial charge in [-0.05, 0) is 60.5 Å². The lowest BCUT2D eigenvalue weighted by atomic mass is 10.0. The van der Waals surface area contributed by atoms with Crippen molar-refractivity contribution in [3.63, 3.8) is 0 Å². The summed E-state index contributed by atoms with van der Waals surface area (Å²) in [6.45, 7) is 2.07. The van der Waals surface area contributed by atoms with Crippen LogP contribution in [0.1, 0.15) is 43.2 Å². The van der Waals surface area contributed by atoms with Crippen LogP contribution >= 0.6 is 23.2 Å². The van der Waals surface area contributed by atoms with Crippen LogP contribution in [0, 0.1) is 18.3 Å². The number of nitrogens with zero attached hydrogens (tertiary/aromatic N) is 4. The standard InChI is InChI=1S/C26H20Cl2N6O3/c1-15-9-17(12-29)10-20(24(30)35)23(15)32-26(36)22-11-19(14-37-13-16-4-6-18(27)7-5-16)33-34(22)25-21(28)3-2-8-31-25/h2-11H,13-14H2,1H3,(H2,30,35)(H,32,36). The molecule has 2 aromatic carbocycles. The highest BCUT2D eigenvalue weighted by Crippen LogP contribution is 2.25. The number of carbonyl (C=O) groups excluding carboxylic acids is 2. The normalized spacial score (nSPS) is 10.6. The van der Waals surface area contributed by atoms with Crippen molar-refractivity contribution in [3.05, 3.63) is 104 Å². The number of hydrogen-bond donors (Lipinski definition) is 2. The van der Waals surface area contributed by atoms with Crippen LogP contribution in [0.3, 0.4) is 0 Å². The second-order valence-corrected chi connectivity index (χ2v) is 8.85. The predicted molar refractivity (Wildman–Crippen MR) is 139 cm³/mol. The number of carbonyl (C=O) groups is 2. The Hall–Kier alpha value is -4.23. The Morgan fingerprint density at radius 1 is 1.14 bits per heavy atom. The van der Waals surface area contributed by atoms with Crippen molar-refractivity contribution >= 4 is 40.7 Å². The maximum atomic E-state index is 13.4. The number of benzene rings is 2. The molecule has 2 amide bonds. The van der Waals surface area contributed by atoms with Gasteiger partial charge in [-0.2, -0.15) is 10.4 Å². The average molecular weight is 535 g/mol. The predicted octanol–water partition coefficient (Wildman–Crippen LogP) is 4.82. The molecule has 11 heteroatoms. The largest absolute Gasteiger partial charge is 0.370 e. The van der Waals surface area contributed by atoms with E-state index in [9.17, 15) is 14.9 Å². The fraction of sp³-hybridized carbons (Fsp3) is 0.115. The Kier molecular flexibility index (Phi) is 7.84. The van der Waals surface area contributed by atoms with Crippen molar-refractivity contribution in [2.45, 2.75) is 20.1 Å². The summed E-state index contributed by atoms with van der Waals surface area (Å²) in [5.41, 5.74) is 7.93. The zero-order chi connectivity index (χ0) is 26.5. The lowest BCUT2D eigenvalue weighted by Crippen LogP contribution is -2.22. The van der Waals surface area contributed by atoms with Gasteiger partial charge < -0.3 is 15.8 Å². The van der Waals surface area contributed by atoms with Crippen LogP contribution in [0.25, 0.3) is 5.82 Å². The van der Waals surface area contributed by atoms with Crippen LogP contribution in [0.15, 0.2) is 60.8 Å². The van der Waals surface area contributed by atoms with Crippen LogP contribution in [-0.2, 0) is 18.0 Å². The minimum atomic E-state index is -0.784. The minimum absolute atomic E-state index is 0.0124. The van der Waals surface area contributed by atoms with Gasteiger partial charge in [-0.1, -0.05) is 35.3 Å². The molecule has 0 saturated carbocycles. The lowest BCUT2D eigenvalue weighted by molar-refractivity contribution is 0.100. The van der Waals surface area contributed by atoms with Crippen molar-refractivity contribution in [3.8, 4) is 11.9 Å². The third-order valence-electron chi connectivity index (χ3n) is 5.33. The van der Waals surface area contributed by atoms with Crippen LogP contribution in [0.4, 0.5) is 5.69 Å². The van der Waals surface area contributed by atoms with Crippen LogP contribution in [0.5, 0.6) is 0 Å². The first-order valence-corrected chi connectivity index (χ1v) is 11.7. The van der Waals surface area contributed by atoms with E-state index in [1.807, 2.05) is 18.2 Å². The van der Waals surface area contributed by atoms with E-state index in [4.69, 9.17) is 33.7 Å². The second kappa shape index (κ2) is 11.2. The van der Waals surface area contributed by atoms with E-state index in [0.717, 1.165) is 5.56 Å². The summed E-state index contributed by atoms with van der Waals surface area (Å²) in [7, 11) is 0. The molecule has 0 saturated heterocycles. The molecule has 0 radical (unpaired) electrons. The third kappa shape index (κ3) is 5.95. The Balaban J connectivity index is 1.65. The van der Waals surface area contributed by atoms with E-state index in [0.29, 0.717) is 22.9 Å². The van der Waals surface area contributed by atoms with Crippen molar-refractivity contribution in [1.82, 2.24) is 14.8 Å². The molecular weight excluding hydrogens is 515 g/mol. The van der Waals surface area contributed by atoms with Crippen LogP contribution < -0.4 is 11.1 Å². The number of aryl methyl sites for hydroxylation is 1. The van der Waals surface area contributed by atoms with Gasteiger partial charge in [0.1, 0.15) is 5.69 Å². The summed E-state index contributed by atoms with van der Waals surface area (Å²) < 4.78 is 7.08. The molecular formula is C26H20Cl2N6O3. The molecule has 0 aliphatic carbocycles. The van der Waals surface area contributed by atoms with Crippen molar-refractivity contribution in [1.29, 1.82) is 5.26 Å². The summed E-state index contributed by atoms with van der Waals surface area (Å²) >= 11 is 12.3. The van der Waals surface area contributed by atoms with Gasteiger partial charge in [0.25, 0.3) is 11.8 Å². The maximum absolute atomic E-state index is 13.4. The third-order valence-corrected chi connectivity index (χ3v) is 5.88. The summed E-state index contributed by atoms with van der Waals surface area (Å²) in [6.07, 6.45) is 1.53. The number of aromatic nitrogens is 3. The molecule has 9 nitrogen and oxygen atoms in total. The van der Waals surface area contributed by atoms with Crippen molar-refractivity contribution in [2.24, 2.45) is 5.73 Å². The molecule has 186 valence electrons. The Morgan fingerprint density at radius 3 is 2.57 bits per heavy atom. The van der Waals surface area contributed by atoms with Crippen LogP contribution in [0.2, 0.25) is 10.0 Å². The van der Waals surface area contributed by atoms with Gasteiger partial charge in [0.15, 0.2) is 5.82 Å². The van der Waals surface area contributed by atoms with Crippen LogP contribution in [-0.4, -0.2) is 26.6 Å². The molecule has 0 bridgehead atoms. The average Bonchev–Trinajstić information content (AvgIpc) is 3.30. The van der Waals surface area contributed by atoms with Gasteiger partial charge in [0.05, 0.1) is 46.8 Å². The fourth-order valence-electron chi connectivity index (χ4n) is 3.60. The molecule has 4 aromatic rings. The number of pyridine rings is 1. The maximum Gasteiger partial charge on any atom is 0.274 e. The highest BCUT2D eigenvalue weighted by molar-refractivity contribution is 6.32. The zero-order valence-corrected chi connectivity index (χ0v) is 21.0. The lowest BCUT2D eigenvalue weighted by Gasteiger charge is -2.13. The molecule has 37 heavy (non-hydrogen) atoms. The molecule has 2 heterocycles. The Morgan fingerprint density at radius 2 is 1.89 bits per heavy atom.